The summed E-state index contributed by atoms with van der Waals surface area (Å²) in [5.74, 6) is -0.661. The van der Waals surface area contributed by atoms with Crippen LogP contribution in [0.25, 0.3) is 11.3 Å². The van der Waals surface area contributed by atoms with E-state index in [2.05, 4.69) is 21.1 Å². The Morgan fingerprint density at radius 3 is 2.84 bits per heavy atom. The van der Waals surface area contributed by atoms with E-state index in [4.69, 9.17) is 0 Å². The van der Waals surface area contributed by atoms with Crippen LogP contribution in [0.5, 0.6) is 0 Å². The number of nitrogens with zero attached hydrogens (tertiary/aromatic N) is 5. The number of nitriles is 1. The lowest BCUT2D eigenvalue weighted by Gasteiger charge is -2.05. The van der Waals surface area contributed by atoms with Crippen molar-refractivity contribution < 1.29 is 4.79 Å². The molecule has 1 fully saturated rings. The maximum Gasteiger partial charge on any atom is 0.190 e. The average molecular weight is 349 g/mol. The van der Waals surface area contributed by atoms with Crippen molar-refractivity contribution in [1.29, 1.82) is 5.26 Å². The van der Waals surface area contributed by atoms with Crippen LogP contribution in [-0.2, 0) is 7.05 Å². The lowest BCUT2D eigenvalue weighted by Crippen LogP contribution is -2.11. The van der Waals surface area contributed by atoms with Gasteiger partial charge in [-0.15, -0.1) is 11.3 Å². The second-order valence-electron chi connectivity index (χ2n) is 6.11. The molecule has 1 unspecified atom stereocenters. The summed E-state index contributed by atoms with van der Waals surface area (Å²) in [7, 11) is 1.76. The smallest absolute Gasteiger partial charge is 0.190 e. The zero-order valence-electron chi connectivity index (χ0n) is 13.6. The molecule has 4 rings (SSSR count). The summed E-state index contributed by atoms with van der Waals surface area (Å²) in [5, 5.41) is 16.5. The van der Waals surface area contributed by atoms with Crippen LogP contribution in [0.4, 0.5) is 0 Å². The van der Waals surface area contributed by atoms with Crippen LogP contribution in [0.15, 0.2) is 36.1 Å². The van der Waals surface area contributed by atoms with Crippen molar-refractivity contribution in [3.05, 3.63) is 52.4 Å². The van der Waals surface area contributed by atoms with Crippen LogP contribution in [0, 0.1) is 11.3 Å². The summed E-state index contributed by atoms with van der Waals surface area (Å²) in [6.07, 6.45) is 7.26. The number of ketones is 1. The van der Waals surface area contributed by atoms with Crippen molar-refractivity contribution in [2.24, 2.45) is 7.05 Å². The molecule has 1 aliphatic carbocycles. The van der Waals surface area contributed by atoms with Crippen LogP contribution in [0.2, 0.25) is 0 Å². The third-order valence-corrected chi connectivity index (χ3v) is 5.15. The molecule has 0 aliphatic heterocycles. The molecule has 6 nitrogen and oxygen atoms in total. The maximum atomic E-state index is 13.1. The van der Waals surface area contributed by atoms with E-state index in [0.717, 1.165) is 24.1 Å². The van der Waals surface area contributed by atoms with Crippen molar-refractivity contribution >= 4 is 17.1 Å². The van der Waals surface area contributed by atoms with Crippen LogP contribution in [0.3, 0.4) is 0 Å². The van der Waals surface area contributed by atoms with Gasteiger partial charge in [-0.3, -0.25) is 14.5 Å². The molecule has 3 aromatic heterocycles. The molecule has 1 aliphatic rings. The summed E-state index contributed by atoms with van der Waals surface area (Å²) in [5.41, 5.74) is 2.81. The first-order chi connectivity index (χ1) is 12.2. The van der Waals surface area contributed by atoms with Gasteiger partial charge in [0.1, 0.15) is 10.7 Å². The minimum Gasteiger partial charge on any atom is -0.292 e. The Labute approximate surface area is 148 Å². The van der Waals surface area contributed by atoms with Gasteiger partial charge in [-0.2, -0.15) is 10.4 Å². The molecule has 124 valence electrons. The molecule has 3 heterocycles. The van der Waals surface area contributed by atoms with Gasteiger partial charge in [-0.1, -0.05) is 0 Å². The lowest BCUT2D eigenvalue weighted by atomic mass is 9.97. The topological polar surface area (TPSA) is 84.5 Å². The van der Waals surface area contributed by atoms with E-state index in [1.165, 1.54) is 11.3 Å². The first-order valence-electron chi connectivity index (χ1n) is 8.00. The fraction of sp³-hybridized carbons (Fsp3) is 0.278. The third-order valence-electron chi connectivity index (χ3n) is 4.22. The second kappa shape index (κ2) is 6.22. The Morgan fingerprint density at radius 1 is 1.40 bits per heavy atom. The summed E-state index contributed by atoms with van der Waals surface area (Å²) in [4.78, 5) is 21.6. The first-order valence-corrected chi connectivity index (χ1v) is 8.88. The van der Waals surface area contributed by atoms with Gasteiger partial charge in [-0.25, -0.2) is 4.98 Å². The average Bonchev–Trinajstić information content (AvgIpc) is 3.24. The van der Waals surface area contributed by atoms with E-state index in [1.807, 2.05) is 5.38 Å². The van der Waals surface area contributed by atoms with E-state index in [-0.39, 0.29) is 5.78 Å². The van der Waals surface area contributed by atoms with Crippen molar-refractivity contribution in [2.45, 2.75) is 24.7 Å². The minimum absolute atomic E-state index is 0.265. The molecule has 0 radical (unpaired) electrons. The highest BCUT2D eigenvalue weighted by Crippen LogP contribution is 2.41. The second-order valence-corrected chi connectivity index (χ2v) is 7.00. The predicted molar refractivity (Wildman–Crippen MR) is 93.2 cm³/mol. The van der Waals surface area contributed by atoms with Gasteiger partial charge in [0.15, 0.2) is 11.7 Å². The molecule has 3 aromatic rings. The van der Waals surface area contributed by atoms with Gasteiger partial charge in [-0.05, 0) is 25.0 Å². The zero-order chi connectivity index (χ0) is 17.4. The summed E-state index contributed by atoms with van der Waals surface area (Å²) in [6.45, 7) is 0. The summed E-state index contributed by atoms with van der Waals surface area (Å²) in [6, 6.07) is 5.73. The molecule has 1 saturated carbocycles. The number of pyridine rings is 1. The third kappa shape index (κ3) is 2.96. The van der Waals surface area contributed by atoms with Gasteiger partial charge >= 0.3 is 0 Å². The van der Waals surface area contributed by atoms with Gasteiger partial charge in [0.2, 0.25) is 0 Å². The van der Waals surface area contributed by atoms with Crippen LogP contribution >= 0.6 is 11.3 Å². The Hall–Kier alpha value is -2.85. The first kappa shape index (κ1) is 15.7. The standard InChI is InChI=1S/C18H15N5OS/c1-23-9-14(16(22-23)12-4-6-20-7-5-12)17(24)13(8-19)18-21-15(10-25-18)11-2-3-11/h4-7,9-11,13H,2-3H2,1H3. The highest BCUT2D eigenvalue weighted by atomic mass is 32.1. The van der Waals surface area contributed by atoms with Crippen molar-refractivity contribution in [3.63, 3.8) is 0 Å². The SMILES string of the molecule is Cn1cc(C(=O)C(C#N)c2nc(C3CC3)cs2)c(-c2ccncc2)n1. The van der Waals surface area contributed by atoms with E-state index >= 15 is 0 Å². The Kier molecular flexibility index (Phi) is 3.90. The molecule has 0 N–H and O–H groups in total. The predicted octanol–water partition coefficient (Wildman–Crippen LogP) is 3.31. The van der Waals surface area contributed by atoms with Crippen LogP contribution in [0.1, 0.15) is 45.7 Å². The summed E-state index contributed by atoms with van der Waals surface area (Å²) < 4.78 is 1.59. The van der Waals surface area contributed by atoms with Crippen molar-refractivity contribution in [1.82, 2.24) is 19.7 Å². The number of carbonyl (C=O) groups is 1. The number of rotatable bonds is 5. The highest BCUT2D eigenvalue weighted by Gasteiger charge is 2.31. The van der Waals surface area contributed by atoms with Crippen molar-refractivity contribution in [2.75, 3.05) is 0 Å². The number of Topliss-reactive ketones (excluding diaryl/α,β-unsaturated/α-hetero) is 1. The number of hydrogen-bond donors (Lipinski definition) is 0. The molecule has 0 saturated heterocycles. The maximum absolute atomic E-state index is 13.1. The van der Waals surface area contributed by atoms with E-state index in [9.17, 15) is 10.1 Å². The monoisotopic (exact) mass is 349 g/mol. The van der Waals surface area contributed by atoms with Gasteiger partial charge < -0.3 is 0 Å². The molecular formula is C18H15N5OS. The lowest BCUT2D eigenvalue weighted by molar-refractivity contribution is 0.0979. The van der Waals surface area contributed by atoms with Gasteiger partial charge in [0, 0.05) is 42.5 Å². The number of carbonyl (C=O) groups excluding carboxylic acids is 1. The molecule has 1 atom stereocenters. The zero-order valence-corrected chi connectivity index (χ0v) is 14.4. The minimum atomic E-state index is -0.901. The number of thiazole rings is 1. The normalized spacial score (nSPS) is 14.9. The highest BCUT2D eigenvalue weighted by molar-refractivity contribution is 7.10. The van der Waals surface area contributed by atoms with Crippen molar-refractivity contribution in [3.8, 4) is 17.3 Å². The number of aryl methyl sites for hydroxylation is 1. The van der Waals surface area contributed by atoms with E-state index in [0.29, 0.717) is 22.2 Å². The largest absolute Gasteiger partial charge is 0.292 e. The molecule has 7 heteroatoms. The van der Waals surface area contributed by atoms with Crippen LogP contribution in [-0.4, -0.2) is 25.5 Å². The van der Waals surface area contributed by atoms with E-state index in [1.54, 1.807) is 42.5 Å². The van der Waals surface area contributed by atoms with Crippen LogP contribution < -0.4 is 0 Å². The van der Waals surface area contributed by atoms with E-state index < -0.39 is 5.92 Å². The molecule has 0 spiro atoms. The quantitative estimate of drug-likeness (QED) is 0.660. The van der Waals surface area contributed by atoms with Gasteiger partial charge in [0.05, 0.1) is 17.3 Å². The fourth-order valence-electron chi connectivity index (χ4n) is 2.77. The Morgan fingerprint density at radius 2 is 2.16 bits per heavy atom. The number of aromatic nitrogens is 4. The van der Waals surface area contributed by atoms with Gasteiger partial charge in [0.25, 0.3) is 0 Å². The Bertz CT molecular complexity index is 965. The molecule has 0 bridgehead atoms. The molecule has 0 amide bonds. The summed E-state index contributed by atoms with van der Waals surface area (Å²) >= 11 is 1.39. The molecular weight excluding hydrogens is 334 g/mol. The molecule has 25 heavy (non-hydrogen) atoms. The fourth-order valence-corrected chi connectivity index (χ4v) is 3.71. The number of hydrogen-bond acceptors (Lipinski definition) is 6. The Balaban J connectivity index is 1.71. The molecule has 0 aromatic carbocycles.